The fourth-order valence-electron chi connectivity index (χ4n) is 2.89. The molecule has 25 heavy (non-hydrogen) atoms. The van der Waals surface area contributed by atoms with Crippen LogP contribution in [0, 0.1) is 5.82 Å². The molecule has 0 unspecified atom stereocenters. The highest BCUT2D eigenvalue weighted by atomic mass is 32.2. The van der Waals surface area contributed by atoms with Gasteiger partial charge in [-0.05, 0) is 30.7 Å². The molecule has 0 N–H and O–H groups in total. The van der Waals surface area contributed by atoms with E-state index in [1.54, 1.807) is 12.1 Å². The van der Waals surface area contributed by atoms with Crippen LogP contribution in [0.2, 0.25) is 0 Å². The van der Waals surface area contributed by atoms with Crippen LogP contribution in [-0.2, 0) is 18.4 Å². The van der Waals surface area contributed by atoms with Crippen molar-refractivity contribution in [1.29, 1.82) is 0 Å². The summed E-state index contributed by atoms with van der Waals surface area (Å²) in [4.78, 5) is 22.0. The predicted molar refractivity (Wildman–Crippen MR) is 96.8 cm³/mol. The van der Waals surface area contributed by atoms with Crippen LogP contribution in [0.5, 0.6) is 0 Å². The molecule has 1 aromatic heterocycles. The maximum absolute atomic E-state index is 12.9. The molecular weight excluding hydrogens is 339 g/mol. The predicted octanol–water partition coefficient (Wildman–Crippen LogP) is 2.39. The van der Waals surface area contributed by atoms with E-state index >= 15 is 0 Å². The Morgan fingerprint density at radius 1 is 1.20 bits per heavy atom. The van der Waals surface area contributed by atoms with Gasteiger partial charge >= 0.3 is 0 Å². The molecule has 3 rings (SSSR count). The number of carbonyl (C=O) groups excluding carboxylic acids is 1. The number of amides is 1. The van der Waals surface area contributed by atoms with Gasteiger partial charge < -0.3 is 9.47 Å². The van der Waals surface area contributed by atoms with Crippen LogP contribution in [0.25, 0.3) is 0 Å². The van der Waals surface area contributed by atoms with Crippen LogP contribution >= 0.6 is 11.8 Å². The molecule has 1 amide bonds. The Bertz CT molecular complexity index is 703. The molecule has 1 saturated heterocycles. The summed E-state index contributed by atoms with van der Waals surface area (Å²) in [6.45, 7) is 4.19. The number of imidazole rings is 1. The Hall–Kier alpha value is -1.86. The van der Waals surface area contributed by atoms with Gasteiger partial charge in [0.25, 0.3) is 0 Å². The highest BCUT2D eigenvalue weighted by molar-refractivity contribution is 8.00. The number of aryl methyl sites for hydroxylation is 1. The third-order valence-corrected chi connectivity index (χ3v) is 5.40. The summed E-state index contributed by atoms with van der Waals surface area (Å²) in [5, 5.41) is 0. The van der Waals surface area contributed by atoms with Gasteiger partial charge in [-0.15, -0.1) is 11.8 Å². The van der Waals surface area contributed by atoms with Crippen molar-refractivity contribution in [2.45, 2.75) is 17.9 Å². The lowest BCUT2D eigenvalue weighted by molar-refractivity contribution is -0.128. The van der Waals surface area contributed by atoms with Crippen molar-refractivity contribution < 1.29 is 9.18 Å². The van der Waals surface area contributed by atoms with Crippen molar-refractivity contribution in [3.05, 3.63) is 48.3 Å². The Morgan fingerprint density at radius 2 is 2.00 bits per heavy atom. The van der Waals surface area contributed by atoms with E-state index in [4.69, 9.17) is 0 Å². The lowest BCUT2D eigenvalue weighted by Crippen LogP contribution is -2.36. The average Bonchev–Trinajstić information content (AvgIpc) is 2.87. The summed E-state index contributed by atoms with van der Waals surface area (Å²) in [5.74, 6) is 1.33. The van der Waals surface area contributed by atoms with E-state index in [-0.39, 0.29) is 11.7 Å². The molecule has 2 heterocycles. The van der Waals surface area contributed by atoms with Gasteiger partial charge in [-0.1, -0.05) is 0 Å². The van der Waals surface area contributed by atoms with E-state index in [9.17, 15) is 9.18 Å². The summed E-state index contributed by atoms with van der Waals surface area (Å²) in [5.41, 5.74) is 0. The molecular formula is C18H23FN4OS. The first-order chi connectivity index (χ1) is 12.1. The largest absolute Gasteiger partial charge is 0.341 e. The van der Waals surface area contributed by atoms with Gasteiger partial charge in [0.05, 0.1) is 12.3 Å². The number of rotatable bonds is 5. The summed E-state index contributed by atoms with van der Waals surface area (Å²) in [6.07, 6.45) is 4.74. The number of hydrogen-bond acceptors (Lipinski definition) is 4. The molecule has 1 aliphatic rings. The maximum atomic E-state index is 12.9. The zero-order valence-corrected chi connectivity index (χ0v) is 15.2. The standard InChI is InChI=1S/C18H23FN4OS/c1-21-10-7-20-17(21)13-22-8-2-9-23(12-11-22)18(24)14-25-16-5-3-15(19)4-6-16/h3-7,10H,2,8-9,11-14H2,1H3. The van der Waals surface area contributed by atoms with Crippen molar-refractivity contribution in [2.75, 3.05) is 31.9 Å². The van der Waals surface area contributed by atoms with Gasteiger partial charge in [-0.25, -0.2) is 9.37 Å². The Kier molecular flexibility index (Phi) is 6.09. The van der Waals surface area contributed by atoms with Crippen LogP contribution in [0.3, 0.4) is 0 Å². The molecule has 1 aromatic carbocycles. The molecule has 2 aromatic rings. The molecule has 0 radical (unpaired) electrons. The van der Waals surface area contributed by atoms with Crippen molar-refractivity contribution in [2.24, 2.45) is 7.05 Å². The number of aromatic nitrogens is 2. The van der Waals surface area contributed by atoms with Crippen molar-refractivity contribution >= 4 is 17.7 Å². The second kappa shape index (κ2) is 8.49. The van der Waals surface area contributed by atoms with Crippen molar-refractivity contribution in [3.63, 3.8) is 0 Å². The second-order valence-corrected chi connectivity index (χ2v) is 7.26. The quantitative estimate of drug-likeness (QED) is 0.766. The normalized spacial score (nSPS) is 16.0. The van der Waals surface area contributed by atoms with Gasteiger partial charge in [0.15, 0.2) is 0 Å². The van der Waals surface area contributed by atoms with Gasteiger partial charge in [-0.3, -0.25) is 9.69 Å². The minimum Gasteiger partial charge on any atom is -0.341 e. The molecule has 0 aliphatic carbocycles. The molecule has 134 valence electrons. The monoisotopic (exact) mass is 362 g/mol. The van der Waals surface area contributed by atoms with Crippen LogP contribution in [0.4, 0.5) is 4.39 Å². The molecule has 0 saturated carbocycles. The van der Waals surface area contributed by atoms with Crippen LogP contribution in [0.15, 0.2) is 41.6 Å². The summed E-state index contributed by atoms with van der Waals surface area (Å²) in [6, 6.07) is 6.27. The van der Waals surface area contributed by atoms with Gasteiger partial charge in [0.2, 0.25) is 5.91 Å². The summed E-state index contributed by atoms with van der Waals surface area (Å²) in [7, 11) is 2.00. The Labute approximate surface area is 151 Å². The minimum absolute atomic E-state index is 0.146. The van der Waals surface area contributed by atoms with E-state index in [0.717, 1.165) is 49.9 Å². The molecule has 0 spiro atoms. The van der Waals surface area contributed by atoms with Crippen LogP contribution in [0.1, 0.15) is 12.2 Å². The molecule has 7 heteroatoms. The third kappa shape index (κ3) is 5.06. The van der Waals surface area contributed by atoms with E-state index in [1.807, 2.05) is 28.9 Å². The first-order valence-corrected chi connectivity index (χ1v) is 9.45. The minimum atomic E-state index is -0.254. The first-order valence-electron chi connectivity index (χ1n) is 8.46. The molecule has 0 atom stereocenters. The summed E-state index contributed by atoms with van der Waals surface area (Å²) >= 11 is 1.46. The Balaban J connectivity index is 1.47. The molecule has 0 bridgehead atoms. The zero-order chi connectivity index (χ0) is 17.6. The first kappa shape index (κ1) is 17.9. The van der Waals surface area contributed by atoms with Crippen molar-refractivity contribution in [1.82, 2.24) is 19.4 Å². The maximum Gasteiger partial charge on any atom is 0.232 e. The second-order valence-electron chi connectivity index (χ2n) is 6.21. The molecule has 1 fully saturated rings. The average molecular weight is 362 g/mol. The van der Waals surface area contributed by atoms with E-state index < -0.39 is 0 Å². The molecule has 1 aliphatic heterocycles. The lowest BCUT2D eigenvalue weighted by Gasteiger charge is -2.21. The van der Waals surface area contributed by atoms with E-state index in [0.29, 0.717) is 5.75 Å². The Morgan fingerprint density at radius 3 is 2.72 bits per heavy atom. The number of thioether (sulfide) groups is 1. The number of hydrogen-bond donors (Lipinski definition) is 0. The van der Waals surface area contributed by atoms with Crippen LogP contribution in [-0.4, -0.2) is 57.2 Å². The third-order valence-electron chi connectivity index (χ3n) is 4.40. The lowest BCUT2D eigenvalue weighted by atomic mass is 10.3. The van der Waals surface area contributed by atoms with Gasteiger partial charge in [0, 0.05) is 50.5 Å². The topological polar surface area (TPSA) is 41.4 Å². The number of nitrogens with zero attached hydrogens (tertiary/aromatic N) is 4. The van der Waals surface area contributed by atoms with Gasteiger partial charge in [0.1, 0.15) is 11.6 Å². The number of halogens is 1. The smallest absolute Gasteiger partial charge is 0.232 e. The molecule has 5 nitrogen and oxygen atoms in total. The number of benzene rings is 1. The van der Waals surface area contributed by atoms with E-state index in [1.165, 1.54) is 23.9 Å². The summed E-state index contributed by atoms with van der Waals surface area (Å²) < 4.78 is 15.0. The fraction of sp³-hybridized carbons (Fsp3) is 0.444. The number of carbonyl (C=O) groups is 1. The zero-order valence-electron chi connectivity index (χ0n) is 14.4. The van der Waals surface area contributed by atoms with Gasteiger partial charge in [-0.2, -0.15) is 0 Å². The fourth-order valence-corrected chi connectivity index (χ4v) is 3.70. The van der Waals surface area contributed by atoms with E-state index in [2.05, 4.69) is 9.88 Å². The van der Waals surface area contributed by atoms with Crippen molar-refractivity contribution in [3.8, 4) is 0 Å². The van der Waals surface area contributed by atoms with Crippen LogP contribution < -0.4 is 0 Å². The highest BCUT2D eigenvalue weighted by Crippen LogP contribution is 2.19. The SMILES string of the molecule is Cn1ccnc1CN1CCCN(C(=O)CSc2ccc(F)cc2)CC1. The highest BCUT2D eigenvalue weighted by Gasteiger charge is 2.20.